The van der Waals surface area contributed by atoms with E-state index in [0.29, 0.717) is 6.04 Å². The fraction of sp³-hybridized carbons (Fsp3) is 0.625. The van der Waals surface area contributed by atoms with Gasteiger partial charge >= 0.3 is 0 Å². The highest BCUT2D eigenvalue weighted by atomic mass is 16.5. The van der Waals surface area contributed by atoms with Crippen LogP contribution in [-0.4, -0.2) is 26.9 Å². The zero-order chi connectivity index (χ0) is 13.5. The third-order valence-corrected chi connectivity index (χ3v) is 3.65. The third-order valence-electron chi connectivity index (χ3n) is 3.65. The summed E-state index contributed by atoms with van der Waals surface area (Å²) < 4.78 is 10.8. The lowest BCUT2D eigenvalue weighted by Crippen LogP contribution is -2.18. The molecule has 3 heteroatoms. The number of fused-ring (bicyclic) bond motifs is 1. The van der Waals surface area contributed by atoms with E-state index in [-0.39, 0.29) is 0 Å². The van der Waals surface area contributed by atoms with Crippen LogP contribution in [0, 0.1) is 0 Å². The van der Waals surface area contributed by atoms with Crippen molar-refractivity contribution in [3.05, 3.63) is 29.3 Å². The van der Waals surface area contributed by atoms with E-state index in [9.17, 15) is 0 Å². The van der Waals surface area contributed by atoms with E-state index in [4.69, 9.17) is 9.47 Å². The molecule has 3 nitrogen and oxygen atoms in total. The van der Waals surface area contributed by atoms with Crippen LogP contribution in [0.3, 0.4) is 0 Å². The maximum Gasteiger partial charge on any atom is 0.119 e. The van der Waals surface area contributed by atoms with Crippen LogP contribution >= 0.6 is 0 Å². The van der Waals surface area contributed by atoms with E-state index in [0.717, 1.165) is 44.8 Å². The highest BCUT2D eigenvalue weighted by Crippen LogP contribution is 2.33. The van der Waals surface area contributed by atoms with Crippen molar-refractivity contribution in [3.8, 4) is 5.75 Å². The van der Waals surface area contributed by atoms with Gasteiger partial charge in [0.15, 0.2) is 0 Å². The Morgan fingerprint density at radius 1 is 1.26 bits per heavy atom. The largest absolute Gasteiger partial charge is 0.494 e. The van der Waals surface area contributed by atoms with Crippen molar-refractivity contribution in [3.63, 3.8) is 0 Å². The molecule has 1 aliphatic carbocycles. The molecule has 0 saturated heterocycles. The molecule has 0 fully saturated rings. The van der Waals surface area contributed by atoms with Crippen LogP contribution < -0.4 is 10.1 Å². The van der Waals surface area contributed by atoms with Crippen molar-refractivity contribution in [2.45, 2.75) is 38.6 Å². The molecular weight excluding hydrogens is 238 g/mol. The number of ether oxygens (including phenoxy) is 2. The van der Waals surface area contributed by atoms with Crippen molar-refractivity contribution in [1.29, 1.82) is 0 Å². The minimum Gasteiger partial charge on any atom is -0.494 e. The van der Waals surface area contributed by atoms with Crippen molar-refractivity contribution in [2.75, 3.05) is 26.9 Å². The van der Waals surface area contributed by atoms with E-state index in [2.05, 4.69) is 30.4 Å². The van der Waals surface area contributed by atoms with Crippen LogP contribution in [0.5, 0.6) is 5.75 Å². The van der Waals surface area contributed by atoms with Crippen LogP contribution in [0.1, 0.15) is 43.4 Å². The molecule has 1 aromatic rings. The van der Waals surface area contributed by atoms with E-state index < -0.39 is 0 Å². The second kappa shape index (κ2) is 7.51. The molecule has 1 atom stereocenters. The van der Waals surface area contributed by atoms with Gasteiger partial charge < -0.3 is 14.8 Å². The molecule has 106 valence electrons. The summed E-state index contributed by atoms with van der Waals surface area (Å²) >= 11 is 0. The summed E-state index contributed by atoms with van der Waals surface area (Å²) in [6.07, 6.45) is 4.48. The number of methoxy groups -OCH3 is 1. The molecule has 0 heterocycles. The predicted molar refractivity (Wildman–Crippen MR) is 77.8 cm³/mol. The average molecular weight is 263 g/mol. The van der Waals surface area contributed by atoms with E-state index >= 15 is 0 Å². The number of unbranched alkanes of at least 4 members (excludes halogenated alkanes) is 1. The molecule has 0 bridgehead atoms. The first kappa shape index (κ1) is 14.4. The van der Waals surface area contributed by atoms with Crippen LogP contribution in [0.25, 0.3) is 0 Å². The van der Waals surface area contributed by atoms with Gasteiger partial charge in [0, 0.05) is 19.8 Å². The van der Waals surface area contributed by atoms with Gasteiger partial charge in [0.2, 0.25) is 0 Å². The van der Waals surface area contributed by atoms with Crippen molar-refractivity contribution in [1.82, 2.24) is 5.32 Å². The first-order chi connectivity index (χ1) is 9.35. The van der Waals surface area contributed by atoms with Gasteiger partial charge in [-0.15, -0.1) is 0 Å². The summed E-state index contributed by atoms with van der Waals surface area (Å²) in [6, 6.07) is 7.07. The highest BCUT2D eigenvalue weighted by molar-refractivity contribution is 5.40. The van der Waals surface area contributed by atoms with Gasteiger partial charge in [-0.25, -0.2) is 0 Å². The Labute approximate surface area is 116 Å². The van der Waals surface area contributed by atoms with E-state index in [1.54, 1.807) is 7.11 Å². The number of aryl methyl sites for hydroxylation is 1. The SMILES string of the molecule is CCNC1CCc2cc(OCCCCOC)ccc21. The minimum absolute atomic E-state index is 0.538. The van der Waals surface area contributed by atoms with E-state index in [1.165, 1.54) is 17.5 Å². The Morgan fingerprint density at radius 2 is 2.11 bits per heavy atom. The van der Waals surface area contributed by atoms with E-state index in [1.807, 2.05) is 0 Å². The molecule has 0 spiro atoms. The Morgan fingerprint density at radius 3 is 2.89 bits per heavy atom. The third kappa shape index (κ3) is 3.95. The Kier molecular flexibility index (Phi) is 5.67. The molecule has 19 heavy (non-hydrogen) atoms. The number of benzene rings is 1. The first-order valence-electron chi connectivity index (χ1n) is 7.33. The van der Waals surface area contributed by atoms with Gasteiger partial charge in [0.1, 0.15) is 5.75 Å². The molecule has 1 aliphatic rings. The van der Waals surface area contributed by atoms with Gasteiger partial charge in [-0.1, -0.05) is 13.0 Å². The second-order valence-electron chi connectivity index (χ2n) is 5.06. The molecule has 1 unspecified atom stereocenters. The smallest absolute Gasteiger partial charge is 0.119 e. The average Bonchev–Trinajstić information content (AvgIpc) is 2.82. The lowest BCUT2D eigenvalue weighted by Gasteiger charge is -2.13. The van der Waals surface area contributed by atoms with Crippen LogP contribution in [-0.2, 0) is 11.2 Å². The molecule has 0 saturated carbocycles. The maximum absolute atomic E-state index is 5.80. The molecule has 0 aromatic heterocycles. The Balaban J connectivity index is 1.84. The van der Waals surface area contributed by atoms with Gasteiger partial charge in [-0.2, -0.15) is 0 Å². The molecule has 1 aromatic carbocycles. The summed E-state index contributed by atoms with van der Waals surface area (Å²) in [4.78, 5) is 0. The van der Waals surface area contributed by atoms with Gasteiger partial charge in [0.05, 0.1) is 6.61 Å². The van der Waals surface area contributed by atoms with Gasteiger partial charge in [0.25, 0.3) is 0 Å². The molecule has 0 radical (unpaired) electrons. The van der Waals surface area contributed by atoms with Gasteiger partial charge in [-0.3, -0.25) is 0 Å². The van der Waals surface area contributed by atoms with Gasteiger partial charge in [-0.05, 0) is 55.5 Å². The number of hydrogen-bond donors (Lipinski definition) is 1. The summed E-state index contributed by atoms with van der Waals surface area (Å²) in [6.45, 7) is 4.79. The first-order valence-corrected chi connectivity index (χ1v) is 7.33. The van der Waals surface area contributed by atoms with Crippen LogP contribution in [0.4, 0.5) is 0 Å². The maximum atomic E-state index is 5.80. The second-order valence-corrected chi connectivity index (χ2v) is 5.06. The quantitative estimate of drug-likeness (QED) is 0.731. The van der Waals surface area contributed by atoms with Crippen molar-refractivity contribution in [2.24, 2.45) is 0 Å². The number of rotatable bonds is 8. The summed E-state index contributed by atoms with van der Waals surface area (Å²) in [7, 11) is 1.74. The van der Waals surface area contributed by atoms with Crippen molar-refractivity contribution < 1.29 is 9.47 Å². The summed E-state index contributed by atoms with van der Waals surface area (Å²) in [5, 5.41) is 3.53. The van der Waals surface area contributed by atoms with Crippen molar-refractivity contribution >= 4 is 0 Å². The monoisotopic (exact) mass is 263 g/mol. The summed E-state index contributed by atoms with van der Waals surface area (Å²) in [5.74, 6) is 1.01. The molecule has 0 aliphatic heterocycles. The lowest BCUT2D eigenvalue weighted by molar-refractivity contribution is 0.184. The number of nitrogens with one attached hydrogen (secondary N) is 1. The topological polar surface area (TPSA) is 30.5 Å². The number of hydrogen-bond acceptors (Lipinski definition) is 3. The minimum atomic E-state index is 0.538. The Hall–Kier alpha value is -1.06. The highest BCUT2D eigenvalue weighted by Gasteiger charge is 2.21. The molecular formula is C16H25NO2. The van der Waals surface area contributed by atoms with Crippen LogP contribution in [0.15, 0.2) is 18.2 Å². The zero-order valence-corrected chi connectivity index (χ0v) is 12.1. The predicted octanol–water partition coefficient (Wildman–Crippen LogP) is 3.09. The summed E-state index contributed by atoms with van der Waals surface area (Å²) in [5.41, 5.74) is 2.90. The lowest BCUT2D eigenvalue weighted by atomic mass is 10.1. The van der Waals surface area contributed by atoms with Crippen LogP contribution in [0.2, 0.25) is 0 Å². The normalized spacial score (nSPS) is 17.5. The molecule has 2 rings (SSSR count). The standard InChI is InChI=1S/C16H25NO2/c1-3-17-16-9-6-13-12-14(7-8-15(13)16)19-11-5-4-10-18-2/h7-8,12,16-17H,3-6,9-11H2,1-2H3. The zero-order valence-electron chi connectivity index (χ0n) is 12.1. The fourth-order valence-electron chi connectivity index (χ4n) is 2.68. The molecule has 1 N–H and O–H groups in total. The fourth-order valence-corrected chi connectivity index (χ4v) is 2.68. The Bertz CT molecular complexity index is 392. The molecule has 0 amide bonds.